The van der Waals surface area contributed by atoms with E-state index < -0.39 is 87.9 Å². The number of rotatable bonds is 2. The van der Waals surface area contributed by atoms with E-state index >= 15 is 0 Å². The number of carbonyl (C=O) groups excluding carboxylic acids is 5. The van der Waals surface area contributed by atoms with Crippen LogP contribution in [0.5, 0.6) is 0 Å². The zero-order valence-corrected chi connectivity index (χ0v) is 23.3. The second-order valence-electron chi connectivity index (χ2n) is 12.5. The van der Waals surface area contributed by atoms with Gasteiger partial charge in [0, 0.05) is 30.6 Å². The van der Waals surface area contributed by atoms with Crippen molar-refractivity contribution < 1.29 is 48.0 Å². The van der Waals surface area contributed by atoms with Crippen molar-refractivity contribution in [3.05, 3.63) is 12.2 Å². The van der Waals surface area contributed by atoms with Crippen LogP contribution in [0.3, 0.4) is 0 Å². The summed E-state index contributed by atoms with van der Waals surface area (Å²) in [6.07, 6.45) is -4.86. The van der Waals surface area contributed by atoms with Crippen LogP contribution in [0.2, 0.25) is 0 Å². The Hall–Kier alpha value is -2.75. The van der Waals surface area contributed by atoms with Gasteiger partial charge in [-0.25, -0.2) is 0 Å². The van der Waals surface area contributed by atoms with Crippen molar-refractivity contribution in [2.45, 2.75) is 98.2 Å². The van der Waals surface area contributed by atoms with Gasteiger partial charge in [-0.05, 0) is 40.0 Å². The molecule has 1 N–H and O–H groups in total. The third-order valence-corrected chi connectivity index (χ3v) is 10.0. The summed E-state index contributed by atoms with van der Waals surface area (Å²) in [6, 6.07) is 0. The topological polar surface area (TPSA) is 143 Å². The molecule has 0 radical (unpaired) electrons. The Morgan fingerprint density at radius 2 is 1.55 bits per heavy atom. The first kappa shape index (κ1) is 28.3. The minimum absolute atomic E-state index is 0.189. The molecule has 4 rings (SSSR count). The first-order valence-electron chi connectivity index (χ1n) is 13.0. The van der Waals surface area contributed by atoms with Gasteiger partial charge in [0.1, 0.15) is 17.8 Å². The van der Waals surface area contributed by atoms with Crippen LogP contribution in [0.4, 0.5) is 0 Å². The Bertz CT molecular complexity index is 1120. The van der Waals surface area contributed by atoms with Gasteiger partial charge in [0.05, 0.1) is 23.9 Å². The predicted molar refractivity (Wildman–Crippen MR) is 131 cm³/mol. The molecule has 4 aliphatic rings. The number of fused-ring (bicyclic) bond motifs is 5. The van der Waals surface area contributed by atoms with Crippen molar-refractivity contribution in [2.75, 3.05) is 0 Å². The molecule has 10 nitrogen and oxygen atoms in total. The van der Waals surface area contributed by atoms with Crippen LogP contribution in [0.15, 0.2) is 12.2 Å². The average molecular weight is 535 g/mol. The van der Waals surface area contributed by atoms with Crippen LogP contribution in [-0.4, -0.2) is 64.8 Å². The van der Waals surface area contributed by atoms with Gasteiger partial charge >= 0.3 is 23.9 Å². The summed E-state index contributed by atoms with van der Waals surface area (Å²) in [5.74, 6) is -5.62. The molecule has 0 spiro atoms. The zero-order valence-electron chi connectivity index (χ0n) is 23.3. The first-order valence-corrected chi connectivity index (χ1v) is 13.0. The highest BCUT2D eigenvalue weighted by Crippen LogP contribution is 2.71. The van der Waals surface area contributed by atoms with E-state index in [2.05, 4.69) is 6.58 Å². The lowest BCUT2D eigenvalue weighted by Crippen LogP contribution is -2.76. The van der Waals surface area contributed by atoms with Crippen LogP contribution >= 0.6 is 0 Å². The van der Waals surface area contributed by atoms with Gasteiger partial charge in [-0.15, -0.1) is 0 Å². The van der Waals surface area contributed by atoms with E-state index in [0.717, 1.165) is 0 Å². The van der Waals surface area contributed by atoms with Gasteiger partial charge in [-0.2, -0.15) is 0 Å². The molecule has 2 aliphatic heterocycles. The quantitative estimate of drug-likeness (QED) is 0.318. The highest BCUT2D eigenvalue weighted by molar-refractivity contribution is 6.00. The number of cyclic esters (lactones) is 2. The molecule has 4 fully saturated rings. The highest BCUT2D eigenvalue weighted by Gasteiger charge is 2.78. The highest BCUT2D eigenvalue weighted by atomic mass is 16.6. The number of hydrogen-bond donors (Lipinski definition) is 1. The molecular formula is C28H38O10. The number of esters is 4. The molecule has 38 heavy (non-hydrogen) atoms. The van der Waals surface area contributed by atoms with Crippen molar-refractivity contribution in [3.63, 3.8) is 0 Å². The second-order valence-corrected chi connectivity index (χ2v) is 12.5. The molecule has 2 aliphatic carbocycles. The van der Waals surface area contributed by atoms with Gasteiger partial charge in [0.15, 0.2) is 11.9 Å². The summed E-state index contributed by atoms with van der Waals surface area (Å²) in [5.41, 5.74) is -4.69. The Balaban J connectivity index is 2.06. The van der Waals surface area contributed by atoms with Crippen molar-refractivity contribution in [2.24, 2.45) is 34.0 Å². The molecule has 0 bridgehead atoms. The number of ether oxygens (including phenoxy) is 4. The van der Waals surface area contributed by atoms with Crippen molar-refractivity contribution in [1.82, 2.24) is 0 Å². The number of carbonyl (C=O) groups is 5. The molecule has 10 atom stereocenters. The van der Waals surface area contributed by atoms with Gasteiger partial charge in [0.2, 0.25) is 0 Å². The number of allylic oxidation sites excluding steroid dienone is 1. The standard InChI is InChI=1S/C28H38O10/c1-12-10-16-27(8)17(36-14(3)29)11-18(31)38-25(5,6)20(27)19(32)23(37-15(4)30)28(16,9)21-24(34)35-13(2)22(33)26(12,21)7/h13,16-17,19-21,23,32H,1,10-11H2,2-9H3/t13-,16-,17+,19-,20-,21+,23-,26-,27+,28-/m0/s1. The molecular weight excluding hydrogens is 496 g/mol. The van der Waals surface area contributed by atoms with Gasteiger partial charge < -0.3 is 24.1 Å². The summed E-state index contributed by atoms with van der Waals surface area (Å²) in [4.78, 5) is 64.9. The van der Waals surface area contributed by atoms with E-state index in [9.17, 15) is 29.1 Å². The normalized spacial score (nSPS) is 45.9. The Morgan fingerprint density at radius 1 is 0.974 bits per heavy atom. The van der Waals surface area contributed by atoms with E-state index in [1.807, 2.05) is 0 Å². The summed E-state index contributed by atoms with van der Waals surface area (Å²) in [5, 5.41) is 12.1. The lowest BCUT2D eigenvalue weighted by Gasteiger charge is -2.69. The van der Waals surface area contributed by atoms with Crippen molar-refractivity contribution >= 4 is 29.7 Å². The van der Waals surface area contributed by atoms with Gasteiger partial charge in [0.25, 0.3) is 0 Å². The maximum Gasteiger partial charge on any atom is 0.311 e. The average Bonchev–Trinajstić information content (AvgIpc) is 2.82. The fourth-order valence-electron chi connectivity index (χ4n) is 8.71. The van der Waals surface area contributed by atoms with E-state index in [1.54, 1.807) is 34.6 Å². The molecule has 0 unspecified atom stereocenters. The number of aliphatic hydroxyl groups excluding tert-OH is 1. The summed E-state index contributed by atoms with van der Waals surface area (Å²) < 4.78 is 22.9. The number of aliphatic hydroxyl groups is 1. The van der Waals surface area contributed by atoms with Crippen LogP contribution in [-0.2, 0) is 42.9 Å². The number of ketones is 1. The molecule has 0 aromatic rings. The molecule has 0 amide bonds. The maximum atomic E-state index is 13.7. The molecule has 2 saturated heterocycles. The Labute approximate surface area is 222 Å². The van der Waals surface area contributed by atoms with Crippen LogP contribution in [0.1, 0.15) is 68.2 Å². The molecule has 10 heteroatoms. The lowest BCUT2D eigenvalue weighted by molar-refractivity contribution is -0.289. The Kier molecular flexibility index (Phi) is 6.42. The lowest BCUT2D eigenvalue weighted by atomic mass is 9.36. The molecule has 210 valence electrons. The summed E-state index contributed by atoms with van der Waals surface area (Å²) in [7, 11) is 0. The van der Waals surface area contributed by atoms with Crippen LogP contribution in [0.25, 0.3) is 0 Å². The van der Waals surface area contributed by atoms with Gasteiger partial charge in [-0.1, -0.05) is 26.0 Å². The fraction of sp³-hybridized carbons (Fsp3) is 0.750. The zero-order chi connectivity index (χ0) is 28.7. The van der Waals surface area contributed by atoms with Crippen molar-refractivity contribution in [3.8, 4) is 0 Å². The molecule has 0 aromatic heterocycles. The maximum absolute atomic E-state index is 13.7. The van der Waals surface area contributed by atoms with E-state index in [-0.39, 0.29) is 18.6 Å². The molecule has 2 heterocycles. The summed E-state index contributed by atoms with van der Waals surface area (Å²) in [6.45, 7) is 16.7. The third-order valence-electron chi connectivity index (χ3n) is 10.0. The first-order chi connectivity index (χ1) is 17.3. The smallest absolute Gasteiger partial charge is 0.311 e. The summed E-state index contributed by atoms with van der Waals surface area (Å²) >= 11 is 0. The largest absolute Gasteiger partial charge is 0.461 e. The minimum Gasteiger partial charge on any atom is -0.461 e. The molecule has 0 aromatic carbocycles. The fourth-order valence-corrected chi connectivity index (χ4v) is 8.71. The minimum atomic E-state index is -1.46. The van der Waals surface area contributed by atoms with E-state index in [4.69, 9.17) is 18.9 Å². The number of hydrogen-bond acceptors (Lipinski definition) is 10. The van der Waals surface area contributed by atoms with Gasteiger partial charge in [-0.3, -0.25) is 24.0 Å². The third kappa shape index (κ3) is 3.58. The van der Waals surface area contributed by atoms with Crippen molar-refractivity contribution in [1.29, 1.82) is 0 Å². The number of Topliss-reactive ketones (excluding diaryl/α,β-unsaturated/α-hetero) is 1. The van der Waals surface area contributed by atoms with Crippen LogP contribution < -0.4 is 0 Å². The molecule has 2 saturated carbocycles. The Morgan fingerprint density at radius 3 is 2.11 bits per heavy atom. The SMILES string of the molecule is C=C1C[C@@H]2[C@@](C)([C@@H]3C(=O)O[C@@H](C)C(=O)[C@@]13C)[C@@H](OC(C)=O)[C@@H](O)[C@H]1C(C)(C)OC(=O)C[C@@H](OC(C)=O)[C@@]21C. The van der Waals surface area contributed by atoms with Crippen LogP contribution in [0, 0.1) is 34.0 Å². The van der Waals surface area contributed by atoms with E-state index in [1.165, 1.54) is 20.8 Å². The second kappa shape index (κ2) is 8.63. The van der Waals surface area contributed by atoms with E-state index in [0.29, 0.717) is 5.57 Å². The monoisotopic (exact) mass is 534 g/mol. The predicted octanol–water partition coefficient (Wildman–Crippen LogP) is 2.29.